The number of carbonyl (C=O) groups excluding carboxylic acids is 3. The number of aromatic nitrogens is 1. The first kappa shape index (κ1) is 22.2. The van der Waals surface area contributed by atoms with Gasteiger partial charge in [0.05, 0.1) is 17.6 Å². The first-order valence-corrected chi connectivity index (χ1v) is 10.6. The lowest BCUT2D eigenvalue weighted by atomic mass is 9.99. The molecule has 2 aromatic carbocycles. The van der Waals surface area contributed by atoms with Gasteiger partial charge in [-0.15, -0.1) is 0 Å². The number of rotatable bonds is 6. The van der Waals surface area contributed by atoms with Crippen LogP contribution in [0.15, 0.2) is 67.0 Å². The maximum Gasteiger partial charge on any atom is 0.251 e. The summed E-state index contributed by atoms with van der Waals surface area (Å²) in [5, 5.41) is 19.1. The fourth-order valence-electron chi connectivity index (χ4n) is 3.75. The SMILES string of the molecule is Cc1ccc(O)c(C(=O)c2ccc(C(=O)NC3CNC[C@H]3NC(=O)c3ccncc3)cc2)c1. The van der Waals surface area contributed by atoms with Crippen molar-refractivity contribution in [1.29, 1.82) is 0 Å². The average Bonchev–Trinajstić information content (AvgIpc) is 3.27. The van der Waals surface area contributed by atoms with Crippen molar-refractivity contribution in [2.45, 2.75) is 19.0 Å². The highest BCUT2D eigenvalue weighted by molar-refractivity contribution is 6.11. The van der Waals surface area contributed by atoms with Crippen molar-refractivity contribution in [3.05, 3.63) is 94.8 Å². The molecule has 4 rings (SSSR count). The summed E-state index contributed by atoms with van der Waals surface area (Å²) in [5.74, 6) is -0.931. The molecule has 33 heavy (non-hydrogen) atoms. The van der Waals surface area contributed by atoms with Gasteiger partial charge < -0.3 is 21.1 Å². The van der Waals surface area contributed by atoms with Crippen LogP contribution in [0.4, 0.5) is 0 Å². The van der Waals surface area contributed by atoms with E-state index in [1.165, 1.54) is 6.07 Å². The van der Waals surface area contributed by atoms with Crippen LogP contribution in [0.2, 0.25) is 0 Å². The molecule has 1 aliphatic heterocycles. The van der Waals surface area contributed by atoms with E-state index in [0.717, 1.165) is 5.56 Å². The summed E-state index contributed by atoms with van der Waals surface area (Å²) in [7, 11) is 0. The Bertz CT molecular complexity index is 1180. The second-order valence-electron chi connectivity index (χ2n) is 7.98. The van der Waals surface area contributed by atoms with Gasteiger partial charge in [0.25, 0.3) is 11.8 Å². The minimum Gasteiger partial charge on any atom is -0.507 e. The molecule has 2 heterocycles. The van der Waals surface area contributed by atoms with Gasteiger partial charge in [0.15, 0.2) is 5.78 Å². The second kappa shape index (κ2) is 9.62. The monoisotopic (exact) mass is 444 g/mol. The lowest BCUT2D eigenvalue weighted by Gasteiger charge is -2.21. The number of hydrogen-bond acceptors (Lipinski definition) is 6. The maximum absolute atomic E-state index is 12.8. The van der Waals surface area contributed by atoms with Crippen LogP contribution < -0.4 is 16.0 Å². The number of pyridine rings is 1. The topological polar surface area (TPSA) is 120 Å². The number of ketones is 1. The number of aryl methyl sites for hydroxylation is 1. The summed E-state index contributed by atoms with van der Waals surface area (Å²) >= 11 is 0. The molecule has 0 aliphatic carbocycles. The predicted octanol–water partition coefficient (Wildman–Crippen LogP) is 1.83. The predicted molar refractivity (Wildman–Crippen MR) is 122 cm³/mol. The molecule has 1 fully saturated rings. The summed E-state index contributed by atoms with van der Waals surface area (Å²) < 4.78 is 0. The Hall–Kier alpha value is -4.04. The van der Waals surface area contributed by atoms with Crippen LogP contribution in [-0.4, -0.2) is 52.9 Å². The summed E-state index contributed by atoms with van der Waals surface area (Å²) in [6.07, 6.45) is 3.10. The van der Waals surface area contributed by atoms with E-state index in [1.54, 1.807) is 60.9 Å². The Labute approximate surface area is 191 Å². The van der Waals surface area contributed by atoms with Gasteiger partial charge in [0, 0.05) is 42.2 Å². The minimum atomic E-state index is -0.318. The smallest absolute Gasteiger partial charge is 0.251 e. The number of carbonyl (C=O) groups is 3. The minimum absolute atomic E-state index is 0.0824. The highest BCUT2D eigenvalue weighted by Gasteiger charge is 2.30. The zero-order valence-corrected chi connectivity index (χ0v) is 18.0. The van der Waals surface area contributed by atoms with Gasteiger partial charge in [-0.3, -0.25) is 19.4 Å². The molecule has 0 bridgehead atoms. The molecule has 1 unspecified atom stereocenters. The van der Waals surface area contributed by atoms with Crippen LogP contribution in [0, 0.1) is 6.92 Å². The molecule has 2 amide bonds. The van der Waals surface area contributed by atoms with Gasteiger partial charge in [0.1, 0.15) is 5.75 Å². The van der Waals surface area contributed by atoms with E-state index in [4.69, 9.17) is 0 Å². The molecule has 1 aromatic heterocycles. The largest absolute Gasteiger partial charge is 0.507 e. The van der Waals surface area contributed by atoms with E-state index in [1.807, 2.05) is 6.92 Å². The van der Waals surface area contributed by atoms with Crippen molar-refractivity contribution < 1.29 is 19.5 Å². The highest BCUT2D eigenvalue weighted by atomic mass is 16.3. The van der Waals surface area contributed by atoms with Crippen LogP contribution >= 0.6 is 0 Å². The van der Waals surface area contributed by atoms with E-state index in [0.29, 0.717) is 29.8 Å². The molecule has 168 valence electrons. The zero-order valence-electron chi connectivity index (χ0n) is 18.0. The molecule has 8 heteroatoms. The molecule has 0 saturated carbocycles. The summed E-state index contributed by atoms with van der Waals surface area (Å²) in [6, 6.07) is 13.8. The Morgan fingerprint density at radius 3 is 2.00 bits per heavy atom. The van der Waals surface area contributed by atoms with Crippen molar-refractivity contribution in [1.82, 2.24) is 20.9 Å². The Morgan fingerprint density at radius 2 is 1.39 bits per heavy atom. The van der Waals surface area contributed by atoms with Crippen LogP contribution in [0.25, 0.3) is 0 Å². The van der Waals surface area contributed by atoms with Gasteiger partial charge in [-0.2, -0.15) is 0 Å². The number of amides is 2. The van der Waals surface area contributed by atoms with E-state index in [2.05, 4.69) is 20.9 Å². The lowest BCUT2D eigenvalue weighted by molar-refractivity contribution is 0.0896. The summed E-state index contributed by atoms with van der Waals surface area (Å²) in [4.78, 5) is 41.8. The third-order valence-electron chi connectivity index (χ3n) is 5.60. The van der Waals surface area contributed by atoms with Crippen LogP contribution in [0.1, 0.15) is 42.2 Å². The third-order valence-corrected chi connectivity index (χ3v) is 5.60. The molecule has 1 saturated heterocycles. The van der Waals surface area contributed by atoms with Crippen LogP contribution in [0.3, 0.4) is 0 Å². The summed E-state index contributed by atoms with van der Waals surface area (Å²) in [5.41, 5.74) is 2.35. The first-order chi connectivity index (χ1) is 15.9. The van der Waals surface area contributed by atoms with Gasteiger partial charge in [0.2, 0.25) is 0 Å². The zero-order chi connectivity index (χ0) is 23.4. The molecule has 8 nitrogen and oxygen atoms in total. The Balaban J connectivity index is 1.40. The molecular formula is C25H24N4O4. The summed E-state index contributed by atoms with van der Waals surface area (Å²) in [6.45, 7) is 2.90. The molecular weight excluding hydrogens is 420 g/mol. The number of phenolic OH excluding ortho intramolecular Hbond substituents is 1. The Morgan fingerprint density at radius 1 is 0.848 bits per heavy atom. The molecule has 0 radical (unpaired) electrons. The highest BCUT2D eigenvalue weighted by Crippen LogP contribution is 2.22. The molecule has 3 aromatic rings. The number of hydrogen-bond donors (Lipinski definition) is 4. The van der Waals surface area contributed by atoms with Crippen molar-refractivity contribution in [3.8, 4) is 5.75 Å². The normalized spacial score (nSPS) is 17.4. The van der Waals surface area contributed by atoms with Gasteiger partial charge in [-0.05, 0) is 43.3 Å². The van der Waals surface area contributed by atoms with Crippen molar-refractivity contribution in [2.75, 3.05) is 13.1 Å². The maximum atomic E-state index is 12.8. The first-order valence-electron chi connectivity index (χ1n) is 10.6. The standard InChI is InChI=1S/C25H24N4O4/c1-15-2-7-22(30)19(12-15)23(31)16-3-5-17(6-4-16)24(32)28-20-13-27-14-21(20)29-25(33)18-8-10-26-11-9-18/h2-12,20-21,27,30H,13-14H2,1H3,(H,28,32)(H,29,33)/t20?,21-/m1/s1. The van der Waals surface area contributed by atoms with E-state index in [-0.39, 0.29) is 41.0 Å². The third kappa shape index (κ3) is 5.07. The number of aromatic hydroxyl groups is 1. The van der Waals surface area contributed by atoms with E-state index in [9.17, 15) is 19.5 Å². The molecule has 1 aliphatic rings. The van der Waals surface area contributed by atoms with Gasteiger partial charge in [-0.1, -0.05) is 23.8 Å². The molecule has 4 N–H and O–H groups in total. The van der Waals surface area contributed by atoms with E-state index < -0.39 is 0 Å². The second-order valence-corrected chi connectivity index (χ2v) is 7.98. The van der Waals surface area contributed by atoms with Gasteiger partial charge in [-0.25, -0.2) is 0 Å². The molecule has 0 spiro atoms. The van der Waals surface area contributed by atoms with Crippen molar-refractivity contribution in [3.63, 3.8) is 0 Å². The number of phenols is 1. The number of benzene rings is 2. The fraction of sp³-hybridized carbons (Fsp3) is 0.200. The molecule has 2 atom stereocenters. The van der Waals surface area contributed by atoms with Crippen molar-refractivity contribution >= 4 is 17.6 Å². The van der Waals surface area contributed by atoms with Crippen molar-refractivity contribution in [2.24, 2.45) is 0 Å². The van der Waals surface area contributed by atoms with Crippen LogP contribution in [-0.2, 0) is 0 Å². The lowest BCUT2D eigenvalue weighted by Crippen LogP contribution is -2.51. The van der Waals surface area contributed by atoms with Crippen LogP contribution in [0.5, 0.6) is 5.75 Å². The van der Waals surface area contributed by atoms with E-state index >= 15 is 0 Å². The average molecular weight is 444 g/mol. The fourth-order valence-corrected chi connectivity index (χ4v) is 3.75. The number of nitrogens with zero attached hydrogens (tertiary/aromatic N) is 1. The van der Waals surface area contributed by atoms with Gasteiger partial charge >= 0.3 is 0 Å². The quantitative estimate of drug-likeness (QED) is 0.431. The number of nitrogens with one attached hydrogen (secondary N) is 3. The Kier molecular flexibility index (Phi) is 6.46.